The zero-order valence-electron chi connectivity index (χ0n) is 10.2. The summed E-state index contributed by atoms with van der Waals surface area (Å²) < 4.78 is 7.84. The minimum atomic E-state index is 0.286. The fourth-order valence-electron chi connectivity index (χ4n) is 2.23. The summed E-state index contributed by atoms with van der Waals surface area (Å²) in [5.74, 6) is 0.973. The van der Waals surface area contributed by atoms with Gasteiger partial charge in [0.2, 0.25) is 0 Å². The first kappa shape index (κ1) is 11.3. The zero-order chi connectivity index (χ0) is 12.2. The SMILES string of the molecule is c1ccc(COC2CCc3nnnn3CC2)cc1. The molecule has 0 fully saturated rings. The van der Waals surface area contributed by atoms with E-state index in [4.69, 9.17) is 4.74 Å². The maximum atomic E-state index is 5.96. The molecule has 2 aromatic rings. The van der Waals surface area contributed by atoms with Crippen LogP contribution in [-0.4, -0.2) is 26.3 Å². The van der Waals surface area contributed by atoms with E-state index in [-0.39, 0.29) is 6.10 Å². The van der Waals surface area contributed by atoms with Crippen LogP contribution in [0.15, 0.2) is 30.3 Å². The van der Waals surface area contributed by atoms with Crippen molar-refractivity contribution in [1.29, 1.82) is 0 Å². The first-order valence-corrected chi connectivity index (χ1v) is 6.32. The fourth-order valence-corrected chi connectivity index (χ4v) is 2.23. The molecule has 0 aliphatic carbocycles. The van der Waals surface area contributed by atoms with Gasteiger partial charge in [-0.1, -0.05) is 30.3 Å². The first-order valence-electron chi connectivity index (χ1n) is 6.32. The lowest BCUT2D eigenvalue weighted by Gasteiger charge is -2.14. The van der Waals surface area contributed by atoms with Crippen molar-refractivity contribution in [3.8, 4) is 0 Å². The van der Waals surface area contributed by atoms with Crippen LogP contribution in [0.4, 0.5) is 0 Å². The van der Waals surface area contributed by atoms with E-state index in [1.54, 1.807) is 0 Å². The highest BCUT2D eigenvalue weighted by atomic mass is 16.5. The van der Waals surface area contributed by atoms with Crippen molar-refractivity contribution in [2.24, 2.45) is 0 Å². The van der Waals surface area contributed by atoms with Crippen molar-refractivity contribution in [2.45, 2.75) is 38.5 Å². The fraction of sp³-hybridized carbons (Fsp3) is 0.462. The molecule has 0 radical (unpaired) electrons. The minimum absolute atomic E-state index is 0.286. The molecule has 1 unspecified atom stereocenters. The summed E-state index contributed by atoms with van der Waals surface area (Å²) >= 11 is 0. The molecule has 1 aromatic carbocycles. The Morgan fingerprint density at radius 2 is 2.11 bits per heavy atom. The van der Waals surface area contributed by atoms with Crippen molar-refractivity contribution >= 4 is 0 Å². The second-order valence-corrected chi connectivity index (χ2v) is 4.56. The van der Waals surface area contributed by atoms with E-state index in [0.717, 1.165) is 31.6 Å². The monoisotopic (exact) mass is 244 g/mol. The molecular weight excluding hydrogens is 228 g/mol. The second-order valence-electron chi connectivity index (χ2n) is 4.56. The van der Waals surface area contributed by atoms with E-state index < -0.39 is 0 Å². The third kappa shape index (κ3) is 2.56. The molecule has 0 spiro atoms. The number of hydrogen-bond acceptors (Lipinski definition) is 4. The molecule has 0 N–H and O–H groups in total. The largest absolute Gasteiger partial charge is 0.373 e. The molecule has 94 valence electrons. The summed E-state index contributed by atoms with van der Waals surface area (Å²) in [4.78, 5) is 0. The molecule has 1 atom stereocenters. The summed E-state index contributed by atoms with van der Waals surface area (Å²) in [6.07, 6.45) is 3.15. The van der Waals surface area contributed by atoms with E-state index in [1.165, 1.54) is 5.56 Å². The Morgan fingerprint density at radius 3 is 3.00 bits per heavy atom. The Bertz CT molecular complexity index is 474. The van der Waals surface area contributed by atoms with Gasteiger partial charge in [-0.2, -0.15) is 0 Å². The number of fused-ring (bicyclic) bond motifs is 1. The van der Waals surface area contributed by atoms with Crippen molar-refractivity contribution < 1.29 is 4.74 Å². The van der Waals surface area contributed by atoms with Gasteiger partial charge < -0.3 is 4.74 Å². The molecule has 2 heterocycles. The Hall–Kier alpha value is -1.75. The van der Waals surface area contributed by atoms with Crippen LogP contribution >= 0.6 is 0 Å². The average molecular weight is 244 g/mol. The number of tetrazole rings is 1. The first-order chi connectivity index (χ1) is 8.92. The van der Waals surface area contributed by atoms with Gasteiger partial charge in [0.1, 0.15) is 0 Å². The van der Waals surface area contributed by atoms with Crippen molar-refractivity contribution in [2.75, 3.05) is 0 Å². The average Bonchev–Trinajstić information content (AvgIpc) is 2.78. The van der Waals surface area contributed by atoms with E-state index in [2.05, 4.69) is 27.7 Å². The number of aromatic nitrogens is 4. The van der Waals surface area contributed by atoms with Gasteiger partial charge in [0.15, 0.2) is 5.82 Å². The number of aryl methyl sites for hydroxylation is 2. The van der Waals surface area contributed by atoms with Gasteiger partial charge in [-0.3, -0.25) is 0 Å². The van der Waals surface area contributed by atoms with Crippen LogP contribution in [0.2, 0.25) is 0 Å². The molecule has 5 nitrogen and oxygen atoms in total. The van der Waals surface area contributed by atoms with Crippen molar-refractivity contribution in [1.82, 2.24) is 20.2 Å². The van der Waals surface area contributed by atoms with Crippen LogP contribution in [0.1, 0.15) is 24.2 Å². The summed E-state index contributed by atoms with van der Waals surface area (Å²) in [6.45, 7) is 1.53. The van der Waals surface area contributed by atoms with Crippen LogP contribution in [-0.2, 0) is 24.3 Å². The van der Waals surface area contributed by atoms with Crippen molar-refractivity contribution in [3.05, 3.63) is 41.7 Å². The lowest BCUT2D eigenvalue weighted by molar-refractivity contribution is 0.0294. The lowest BCUT2D eigenvalue weighted by atomic mass is 10.1. The molecule has 1 aliphatic rings. The van der Waals surface area contributed by atoms with Crippen molar-refractivity contribution in [3.63, 3.8) is 0 Å². The van der Waals surface area contributed by atoms with E-state index in [0.29, 0.717) is 6.61 Å². The Morgan fingerprint density at radius 1 is 1.22 bits per heavy atom. The second kappa shape index (κ2) is 5.27. The quantitative estimate of drug-likeness (QED) is 0.822. The molecule has 1 aromatic heterocycles. The molecule has 1 aliphatic heterocycles. The predicted octanol–water partition coefficient (Wildman–Crippen LogP) is 1.59. The Balaban J connectivity index is 1.55. The predicted molar refractivity (Wildman–Crippen MR) is 65.8 cm³/mol. The highest BCUT2D eigenvalue weighted by Gasteiger charge is 2.18. The van der Waals surface area contributed by atoms with E-state index >= 15 is 0 Å². The smallest absolute Gasteiger partial charge is 0.151 e. The molecule has 0 saturated carbocycles. The van der Waals surface area contributed by atoms with Crippen LogP contribution in [0.3, 0.4) is 0 Å². The summed E-state index contributed by atoms with van der Waals surface area (Å²) in [5.41, 5.74) is 1.22. The van der Waals surface area contributed by atoms with E-state index in [9.17, 15) is 0 Å². The van der Waals surface area contributed by atoms with Crippen LogP contribution in [0.25, 0.3) is 0 Å². The number of nitrogens with zero attached hydrogens (tertiary/aromatic N) is 4. The molecule has 0 bridgehead atoms. The summed E-state index contributed by atoms with van der Waals surface area (Å²) in [7, 11) is 0. The minimum Gasteiger partial charge on any atom is -0.373 e. The van der Waals surface area contributed by atoms with E-state index in [1.807, 2.05) is 22.9 Å². The molecule has 0 amide bonds. The number of benzene rings is 1. The molecule has 0 saturated heterocycles. The van der Waals surface area contributed by atoms with Crippen LogP contribution in [0, 0.1) is 0 Å². The molecule has 18 heavy (non-hydrogen) atoms. The van der Waals surface area contributed by atoms with Crippen LogP contribution < -0.4 is 0 Å². The highest BCUT2D eigenvalue weighted by molar-refractivity contribution is 5.13. The van der Waals surface area contributed by atoms with Gasteiger partial charge in [0.05, 0.1) is 12.7 Å². The third-order valence-electron chi connectivity index (χ3n) is 3.29. The van der Waals surface area contributed by atoms with Gasteiger partial charge in [0, 0.05) is 13.0 Å². The normalized spacial score (nSPS) is 19.2. The molecule has 3 rings (SSSR count). The van der Waals surface area contributed by atoms with Crippen LogP contribution in [0.5, 0.6) is 0 Å². The molecule has 5 heteroatoms. The topological polar surface area (TPSA) is 52.8 Å². The zero-order valence-corrected chi connectivity index (χ0v) is 10.2. The number of rotatable bonds is 3. The van der Waals surface area contributed by atoms with Gasteiger partial charge in [0.25, 0.3) is 0 Å². The maximum absolute atomic E-state index is 5.96. The number of ether oxygens (including phenoxy) is 1. The highest BCUT2D eigenvalue weighted by Crippen LogP contribution is 2.16. The Labute approximate surface area is 106 Å². The van der Waals surface area contributed by atoms with Gasteiger partial charge in [-0.15, -0.1) is 5.10 Å². The van der Waals surface area contributed by atoms with Gasteiger partial charge in [-0.05, 0) is 28.8 Å². The van der Waals surface area contributed by atoms with Gasteiger partial charge >= 0.3 is 0 Å². The summed E-state index contributed by atoms with van der Waals surface area (Å²) in [5, 5.41) is 11.7. The standard InChI is InChI=1S/C13H16N4O/c1-2-4-11(5-3-1)10-18-12-6-7-13-14-15-16-17(13)9-8-12/h1-5,12H,6-10H2. The Kier molecular flexibility index (Phi) is 3.32. The summed E-state index contributed by atoms with van der Waals surface area (Å²) in [6, 6.07) is 10.3. The maximum Gasteiger partial charge on any atom is 0.151 e. The third-order valence-corrected chi connectivity index (χ3v) is 3.29. The number of hydrogen-bond donors (Lipinski definition) is 0. The molecular formula is C13H16N4O. The van der Waals surface area contributed by atoms with Gasteiger partial charge in [-0.25, -0.2) is 4.68 Å². The lowest BCUT2D eigenvalue weighted by Crippen LogP contribution is -2.14.